The van der Waals surface area contributed by atoms with Crippen LogP contribution in [-0.4, -0.2) is 16.1 Å². The lowest BCUT2D eigenvalue weighted by molar-refractivity contribution is 0.0997. The number of rotatable bonds is 1. The molecule has 1 aromatic rings. The highest BCUT2D eigenvalue weighted by Crippen LogP contribution is 2.43. The number of amides is 1. The highest BCUT2D eigenvalue weighted by molar-refractivity contribution is 6.16. The minimum Gasteiger partial charge on any atom is -0.364 e. The summed E-state index contributed by atoms with van der Waals surface area (Å²) in [7, 11) is 0. The Balaban J connectivity index is 2.45. The van der Waals surface area contributed by atoms with Crippen LogP contribution in [0.25, 0.3) is 22.0 Å². The third-order valence-electron chi connectivity index (χ3n) is 2.12. The Morgan fingerprint density at radius 2 is 2.33 bits per heavy atom. The van der Waals surface area contributed by atoms with Crippen LogP contribution in [-0.2, 0) is 0 Å². The van der Waals surface area contributed by atoms with Gasteiger partial charge in [0.2, 0.25) is 0 Å². The van der Waals surface area contributed by atoms with Crippen molar-refractivity contribution >= 4 is 16.8 Å². The molecule has 4 heteroatoms. The van der Waals surface area contributed by atoms with E-state index in [-0.39, 0.29) is 0 Å². The Morgan fingerprint density at radius 1 is 1.50 bits per heavy atom. The van der Waals surface area contributed by atoms with E-state index in [1.54, 1.807) is 0 Å². The number of primary amides is 1. The van der Waals surface area contributed by atoms with Crippen molar-refractivity contribution in [2.75, 3.05) is 0 Å². The summed E-state index contributed by atoms with van der Waals surface area (Å²) in [4.78, 5) is 10.9. The van der Waals surface area contributed by atoms with E-state index in [2.05, 4.69) is 10.2 Å². The lowest BCUT2D eigenvalue weighted by atomic mass is 10.2. The van der Waals surface area contributed by atoms with Gasteiger partial charge in [0.05, 0.1) is 5.52 Å². The molecule has 0 bridgehead atoms. The van der Waals surface area contributed by atoms with Gasteiger partial charge >= 0.3 is 0 Å². The minimum atomic E-state index is -0.477. The number of carbonyl (C=O) groups excluding carboxylic acids is 1. The third kappa shape index (κ3) is 0.492. The van der Waals surface area contributed by atoms with E-state index in [9.17, 15) is 4.79 Å². The van der Waals surface area contributed by atoms with Crippen molar-refractivity contribution < 1.29 is 4.79 Å². The zero-order valence-electron chi connectivity index (χ0n) is 6.09. The maximum Gasteiger partial charge on any atom is 0.269 e. The van der Waals surface area contributed by atoms with Crippen LogP contribution >= 0.6 is 0 Å². The summed E-state index contributed by atoms with van der Waals surface area (Å²) in [5.74, 6) is -0.477. The highest BCUT2D eigenvalue weighted by atomic mass is 16.1. The van der Waals surface area contributed by atoms with Crippen molar-refractivity contribution in [2.24, 2.45) is 5.73 Å². The number of carbonyl (C=O) groups is 1. The van der Waals surface area contributed by atoms with Crippen molar-refractivity contribution in [1.82, 2.24) is 10.2 Å². The first-order valence-electron chi connectivity index (χ1n) is 3.59. The highest BCUT2D eigenvalue weighted by Gasteiger charge is 2.24. The van der Waals surface area contributed by atoms with Gasteiger partial charge in [0.1, 0.15) is 0 Å². The fourth-order valence-corrected chi connectivity index (χ4v) is 1.52. The number of aromatic nitrogens is 2. The molecule has 3 N–H and O–H groups in total. The summed E-state index contributed by atoms with van der Waals surface area (Å²) < 4.78 is 0. The Morgan fingerprint density at radius 3 is 3.08 bits per heavy atom. The number of aromatic amines is 1. The Labute approximate surface area is 67.4 Å². The molecule has 4 nitrogen and oxygen atoms in total. The number of benzene rings is 1. The van der Waals surface area contributed by atoms with Crippen molar-refractivity contribution in [2.45, 2.75) is 0 Å². The Kier molecular flexibility index (Phi) is 0.721. The number of hydrogen-bond donors (Lipinski definition) is 2. The largest absolute Gasteiger partial charge is 0.364 e. The molecule has 0 atom stereocenters. The molecule has 12 heavy (non-hydrogen) atoms. The topological polar surface area (TPSA) is 71.8 Å². The second-order valence-electron chi connectivity index (χ2n) is 2.88. The van der Waals surface area contributed by atoms with Crippen LogP contribution in [0.4, 0.5) is 0 Å². The first-order chi connectivity index (χ1) is 5.77. The lowest BCUT2D eigenvalue weighted by Crippen LogP contribution is -2.11. The van der Waals surface area contributed by atoms with E-state index >= 15 is 0 Å². The fraction of sp³-hybridized carbons (Fsp3) is 0. The van der Waals surface area contributed by atoms with Gasteiger partial charge in [-0.25, -0.2) is 0 Å². The van der Waals surface area contributed by atoms with Crippen molar-refractivity contribution in [3.05, 3.63) is 17.8 Å². The maximum atomic E-state index is 10.9. The van der Waals surface area contributed by atoms with Gasteiger partial charge in [-0.1, -0.05) is 0 Å². The molecule has 3 rings (SSSR count). The van der Waals surface area contributed by atoms with Crippen molar-refractivity contribution in [1.29, 1.82) is 0 Å². The monoisotopic (exact) mass is 159 g/mol. The predicted octanol–water partition coefficient (Wildman–Crippen LogP) is 0.642. The first-order valence-corrected chi connectivity index (χ1v) is 3.59. The van der Waals surface area contributed by atoms with Crippen LogP contribution in [0.2, 0.25) is 0 Å². The molecule has 0 radical (unpaired) electrons. The van der Waals surface area contributed by atoms with Crippen molar-refractivity contribution in [3.8, 4) is 11.1 Å². The van der Waals surface area contributed by atoms with Gasteiger partial charge in [-0.15, -0.1) is 0 Å². The van der Waals surface area contributed by atoms with Crippen LogP contribution < -0.4 is 5.73 Å². The minimum absolute atomic E-state index is 0.347. The number of nitrogens with zero attached hydrogens (tertiary/aromatic N) is 1. The number of fused-ring (bicyclic) bond motifs is 3. The molecule has 2 aliphatic rings. The number of H-pyrrole nitrogens is 1. The zero-order chi connectivity index (χ0) is 8.29. The standard InChI is InChI=1S/C8H5N3O/c9-8(12)7-6-4-1-3(4)2-5(6)10-11-7/h1-2H,(H2,9,12)(H,10,11). The second-order valence-corrected chi connectivity index (χ2v) is 2.88. The summed E-state index contributed by atoms with van der Waals surface area (Å²) >= 11 is 0. The maximum absolute atomic E-state index is 10.9. The summed E-state index contributed by atoms with van der Waals surface area (Å²) in [6, 6.07) is 3.97. The molecular weight excluding hydrogens is 154 g/mol. The molecule has 0 saturated carbocycles. The lowest BCUT2D eigenvalue weighted by Gasteiger charge is -1.84. The van der Waals surface area contributed by atoms with Crippen molar-refractivity contribution in [3.63, 3.8) is 0 Å². The summed E-state index contributed by atoms with van der Waals surface area (Å²) in [5.41, 5.74) is 8.67. The Bertz CT molecular complexity index is 512. The van der Waals surface area contributed by atoms with Crippen LogP contribution in [0.3, 0.4) is 0 Å². The third-order valence-corrected chi connectivity index (χ3v) is 2.12. The first kappa shape index (κ1) is 5.77. The summed E-state index contributed by atoms with van der Waals surface area (Å²) in [6.45, 7) is 0. The molecule has 0 aromatic carbocycles. The van der Waals surface area contributed by atoms with Gasteiger partial charge in [0, 0.05) is 5.39 Å². The van der Waals surface area contributed by atoms with Gasteiger partial charge < -0.3 is 5.73 Å². The average molecular weight is 159 g/mol. The van der Waals surface area contributed by atoms with Crippen LogP contribution in [0, 0.1) is 0 Å². The molecular formula is C8H5N3O. The molecule has 0 unspecified atom stereocenters. The molecule has 1 heterocycles. The van der Waals surface area contributed by atoms with Gasteiger partial charge in [0.25, 0.3) is 5.91 Å². The van der Waals surface area contributed by atoms with Gasteiger partial charge in [-0.2, -0.15) is 5.10 Å². The predicted molar refractivity (Wildman–Crippen MR) is 43.6 cm³/mol. The fourth-order valence-electron chi connectivity index (χ4n) is 1.52. The van der Waals surface area contributed by atoms with Gasteiger partial charge in [-0.05, 0) is 23.3 Å². The van der Waals surface area contributed by atoms with Crippen LogP contribution in [0.5, 0.6) is 0 Å². The van der Waals surface area contributed by atoms with E-state index < -0.39 is 5.91 Å². The average Bonchev–Trinajstić information content (AvgIpc) is 2.53. The smallest absolute Gasteiger partial charge is 0.269 e. The molecule has 1 aromatic heterocycles. The second kappa shape index (κ2) is 1.50. The molecule has 1 amide bonds. The molecule has 0 fully saturated rings. The van der Waals surface area contributed by atoms with E-state index in [0.29, 0.717) is 5.69 Å². The Hall–Kier alpha value is -1.84. The summed E-state index contributed by atoms with van der Waals surface area (Å²) in [5, 5.41) is 7.46. The number of nitrogens with two attached hydrogens (primary N) is 1. The normalized spacial score (nSPS) is 12.0. The van der Waals surface area contributed by atoms with Crippen LogP contribution in [0.1, 0.15) is 10.5 Å². The molecule has 0 aliphatic heterocycles. The summed E-state index contributed by atoms with van der Waals surface area (Å²) in [6.07, 6.45) is 0. The van der Waals surface area contributed by atoms with E-state index in [0.717, 1.165) is 16.5 Å². The zero-order valence-corrected chi connectivity index (χ0v) is 6.09. The SMILES string of the molecule is NC(=O)c1n[nH]c2cc3cc-3c12. The van der Waals surface area contributed by atoms with Gasteiger partial charge in [0.15, 0.2) is 5.69 Å². The van der Waals surface area contributed by atoms with Crippen LogP contribution in [0.15, 0.2) is 12.1 Å². The van der Waals surface area contributed by atoms with E-state index in [1.165, 1.54) is 5.56 Å². The van der Waals surface area contributed by atoms with E-state index in [4.69, 9.17) is 5.73 Å². The number of hydrogen-bond acceptors (Lipinski definition) is 2. The molecule has 0 spiro atoms. The number of nitrogens with one attached hydrogen (secondary N) is 1. The molecule has 58 valence electrons. The quantitative estimate of drug-likeness (QED) is 0.547. The molecule has 2 aliphatic carbocycles. The van der Waals surface area contributed by atoms with E-state index in [1.807, 2.05) is 12.1 Å². The molecule has 0 saturated heterocycles. The van der Waals surface area contributed by atoms with Gasteiger partial charge in [-0.3, -0.25) is 9.89 Å².